The van der Waals surface area contributed by atoms with Crippen LogP contribution in [0.3, 0.4) is 0 Å². The predicted octanol–water partition coefficient (Wildman–Crippen LogP) is 6.27. The second-order valence-electron chi connectivity index (χ2n) is 12.2. The summed E-state index contributed by atoms with van der Waals surface area (Å²) in [5.41, 5.74) is 1.62. The summed E-state index contributed by atoms with van der Waals surface area (Å²) in [5.74, 6) is -0.351. The van der Waals surface area contributed by atoms with E-state index in [0.717, 1.165) is 11.1 Å². The van der Waals surface area contributed by atoms with Crippen LogP contribution in [0, 0.1) is 11.8 Å². The lowest BCUT2D eigenvalue weighted by atomic mass is 9.51. The minimum Gasteiger partial charge on any atom is -0.493 e. The van der Waals surface area contributed by atoms with Gasteiger partial charge in [0.2, 0.25) is 0 Å². The molecule has 0 saturated heterocycles. The van der Waals surface area contributed by atoms with Crippen LogP contribution in [0.5, 0.6) is 23.0 Å². The van der Waals surface area contributed by atoms with Crippen molar-refractivity contribution in [2.75, 3.05) is 52.9 Å². The number of benzene rings is 2. The summed E-state index contributed by atoms with van der Waals surface area (Å²) in [6, 6.07) is 12.2. The standard InChI is InChI=1S/C36H52O12Si2/c1-7-41-49(42-8-2,43-9-3)21-13-19-39-25-15-17-27-29(23-25)47-35(37)33-31(27)34-32(33)28-18-16-26(24-30(28)48-36(34)38)40-20-14-22-50(44-10-4,45-11-5)46-12-6/h15-18,23-24,31-34H,7-14,19-22H2,1-6H3. The maximum absolute atomic E-state index is 13.4. The number of rotatable bonds is 22. The molecular weight excluding hydrogens is 681 g/mol. The van der Waals surface area contributed by atoms with Crippen LogP contribution in [0.15, 0.2) is 36.4 Å². The van der Waals surface area contributed by atoms with Gasteiger partial charge in [0, 0.05) is 86.8 Å². The molecule has 0 spiro atoms. The number of hydrogen-bond donors (Lipinski definition) is 0. The van der Waals surface area contributed by atoms with E-state index < -0.39 is 29.4 Å². The molecule has 2 aromatic carbocycles. The molecule has 3 aliphatic rings. The fraction of sp³-hybridized carbons (Fsp3) is 0.611. The van der Waals surface area contributed by atoms with Gasteiger partial charge in [0.05, 0.1) is 25.0 Å². The Bertz CT molecular complexity index is 1300. The van der Waals surface area contributed by atoms with Crippen molar-refractivity contribution in [3.63, 3.8) is 0 Å². The van der Waals surface area contributed by atoms with E-state index in [1.807, 2.05) is 65.8 Å². The number of hydrogen-bond acceptors (Lipinski definition) is 12. The summed E-state index contributed by atoms with van der Waals surface area (Å²) in [5, 5.41) is 0. The normalized spacial score (nSPS) is 20.8. The van der Waals surface area contributed by atoms with E-state index >= 15 is 0 Å². The first kappa shape index (κ1) is 38.4. The minimum atomic E-state index is -2.76. The lowest BCUT2D eigenvalue weighted by Crippen LogP contribution is -2.56. The fourth-order valence-corrected chi connectivity index (χ4v) is 12.5. The van der Waals surface area contributed by atoms with Gasteiger partial charge in [0.1, 0.15) is 23.0 Å². The van der Waals surface area contributed by atoms with Crippen LogP contribution in [-0.4, -0.2) is 82.4 Å². The highest BCUT2D eigenvalue weighted by Gasteiger charge is 2.64. The zero-order valence-corrected chi connectivity index (χ0v) is 32.2. The Morgan fingerprint density at radius 2 is 0.860 bits per heavy atom. The number of ether oxygens (including phenoxy) is 4. The molecule has 0 aromatic heterocycles. The highest BCUT2D eigenvalue weighted by atomic mass is 28.4. The number of fused-ring (bicyclic) bond motifs is 8. The largest absolute Gasteiger partial charge is 0.501 e. The summed E-state index contributed by atoms with van der Waals surface area (Å²) in [6.45, 7) is 15.5. The minimum absolute atomic E-state index is 0.331. The Morgan fingerprint density at radius 3 is 1.18 bits per heavy atom. The molecule has 0 bridgehead atoms. The van der Waals surface area contributed by atoms with Crippen molar-refractivity contribution >= 4 is 29.5 Å². The molecule has 0 N–H and O–H groups in total. The average molecular weight is 733 g/mol. The van der Waals surface area contributed by atoms with Crippen LogP contribution in [0.25, 0.3) is 0 Å². The molecule has 2 heterocycles. The third-order valence-electron chi connectivity index (χ3n) is 9.18. The quantitative estimate of drug-likeness (QED) is 0.0586. The summed E-state index contributed by atoms with van der Waals surface area (Å²) in [7, 11) is -5.52. The molecule has 1 aliphatic carbocycles. The average Bonchev–Trinajstić information content (AvgIpc) is 3.06. The van der Waals surface area contributed by atoms with E-state index in [9.17, 15) is 9.59 Å². The number of carbonyl (C=O) groups is 2. The summed E-state index contributed by atoms with van der Waals surface area (Å²) >= 11 is 0. The van der Waals surface area contributed by atoms with Crippen molar-refractivity contribution in [3.05, 3.63) is 47.5 Å². The Hall–Kier alpha value is -2.83. The monoisotopic (exact) mass is 732 g/mol. The Labute approximate surface area is 297 Å². The summed E-state index contributed by atoms with van der Waals surface area (Å²) < 4.78 is 59.4. The SMILES string of the molecule is CCO[Si](CCCOc1ccc2c(c1)OC(=O)C1C2C2C(=O)Oc3cc(OCCC[Si](OCC)(OCC)OCC)ccc3C12)(OCC)OCC. The first-order chi connectivity index (χ1) is 24.3. The van der Waals surface area contributed by atoms with Crippen molar-refractivity contribution in [2.45, 2.75) is 78.3 Å². The lowest BCUT2D eigenvalue weighted by molar-refractivity contribution is -0.161. The molecule has 2 aliphatic heterocycles. The van der Waals surface area contributed by atoms with Gasteiger partial charge in [0.25, 0.3) is 0 Å². The molecule has 2 aromatic rings. The van der Waals surface area contributed by atoms with Gasteiger partial charge < -0.3 is 45.5 Å². The van der Waals surface area contributed by atoms with Crippen LogP contribution in [0.2, 0.25) is 12.1 Å². The van der Waals surface area contributed by atoms with Crippen molar-refractivity contribution < 1.29 is 55.1 Å². The van der Waals surface area contributed by atoms with Crippen molar-refractivity contribution in [1.82, 2.24) is 0 Å². The van der Waals surface area contributed by atoms with E-state index in [1.165, 1.54) is 0 Å². The van der Waals surface area contributed by atoms with E-state index in [2.05, 4.69) is 0 Å². The van der Waals surface area contributed by atoms with Crippen LogP contribution in [0.4, 0.5) is 0 Å². The Morgan fingerprint density at radius 1 is 0.520 bits per heavy atom. The van der Waals surface area contributed by atoms with Gasteiger partial charge in [-0.25, -0.2) is 0 Å². The molecule has 276 valence electrons. The van der Waals surface area contributed by atoms with Crippen molar-refractivity contribution in [1.29, 1.82) is 0 Å². The first-order valence-electron chi connectivity index (χ1n) is 18.1. The van der Waals surface area contributed by atoms with Gasteiger partial charge in [-0.2, -0.15) is 0 Å². The van der Waals surface area contributed by atoms with E-state index in [0.29, 0.717) is 101 Å². The lowest BCUT2D eigenvalue weighted by Gasteiger charge is -2.53. The van der Waals surface area contributed by atoms with Crippen LogP contribution in [0.1, 0.15) is 77.3 Å². The van der Waals surface area contributed by atoms with Gasteiger partial charge in [-0.15, -0.1) is 0 Å². The Balaban J connectivity index is 1.20. The maximum Gasteiger partial charge on any atom is 0.501 e. The molecule has 0 amide bonds. The van der Waals surface area contributed by atoms with Gasteiger partial charge >= 0.3 is 29.5 Å². The molecule has 0 atom stereocenters. The molecule has 0 radical (unpaired) electrons. The second-order valence-corrected chi connectivity index (χ2v) is 17.7. The molecule has 14 heteroatoms. The topological polar surface area (TPSA) is 126 Å². The highest BCUT2D eigenvalue weighted by molar-refractivity contribution is 6.61. The Kier molecular flexibility index (Phi) is 13.5. The summed E-state index contributed by atoms with van der Waals surface area (Å²) in [6.07, 6.45) is 1.35. The zero-order valence-electron chi connectivity index (χ0n) is 30.2. The smallest absolute Gasteiger partial charge is 0.493 e. The van der Waals surface area contributed by atoms with Crippen LogP contribution >= 0.6 is 0 Å². The summed E-state index contributed by atoms with van der Waals surface area (Å²) in [4.78, 5) is 26.8. The molecular formula is C36H52O12Si2. The predicted molar refractivity (Wildman–Crippen MR) is 188 cm³/mol. The fourth-order valence-electron chi connectivity index (χ4n) is 7.36. The highest BCUT2D eigenvalue weighted by Crippen LogP contribution is 2.64. The molecule has 1 saturated carbocycles. The second kappa shape index (κ2) is 17.6. The van der Waals surface area contributed by atoms with Crippen LogP contribution in [-0.2, 0) is 36.1 Å². The van der Waals surface area contributed by atoms with Crippen LogP contribution < -0.4 is 18.9 Å². The molecule has 50 heavy (non-hydrogen) atoms. The van der Waals surface area contributed by atoms with Gasteiger partial charge in [-0.05, 0) is 66.5 Å². The van der Waals surface area contributed by atoms with E-state index in [1.54, 1.807) is 12.1 Å². The molecule has 12 nitrogen and oxygen atoms in total. The maximum atomic E-state index is 13.4. The number of carbonyl (C=O) groups excluding carboxylic acids is 2. The third-order valence-corrected chi connectivity index (χ3v) is 15.5. The van der Waals surface area contributed by atoms with Crippen molar-refractivity contribution in [2.24, 2.45) is 11.8 Å². The van der Waals surface area contributed by atoms with Gasteiger partial charge in [-0.3, -0.25) is 9.59 Å². The molecule has 5 rings (SSSR count). The van der Waals surface area contributed by atoms with E-state index in [-0.39, 0.29) is 23.8 Å². The van der Waals surface area contributed by atoms with Gasteiger partial charge in [0.15, 0.2) is 0 Å². The molecule has 1 fully saturated rings. The zero-order chi connectivity index (χ0) is 35.7. The van der Waals surface area contributed by atoms with Crippen molar-refractivity contribution in [3.8, 4) is 23.0 Å². The van der Waals surface area contributed by atoms with Gasteiger partial charge in [-0.1, -0.05) is 12.1 Å². The van der Waals surface area contributed by atoms with E-state index in [4.69, 9.17) is 45.5 Å². The number of esters is 2. The molecule has 0 unspecified atom stereocenters. The third kappa shape index (κ3) is 8.28. The first-order valence-corrected chi connectivity index (χ1v) is 21.9.